The van der Waals surface area contributed by atoms with Crippen LogP contribution in [-0.2, 0) is 17.7 Å². The topological polar surface area (TPSA) is 79.7 Å². The van der Waals surface area contributed by atoms with Gasteiger partial charge in [-0.2, -0.15) is 0 Å². The molecule has 0 bridgehead atoms. The highest BCUT2D eigenvalue weighted by Gasteiger charge is 2.43. The first-order chi connectivity index (χ1) is 11.1. The molecule has 1 N–H and O–H groups in total. The average molecular weight is 334 g/mol. The standard InChI is InChI=1S/C18H26N2O4/c1-6-18(7-2)10-14-12(8-9-13(19-14)15(21)22)11-20(18)16(23)24-17(3,4)5/h8-9H,6-7,10-11H2,1-5H3,(H,21,22). The average Bonchev–Trinajstić information content (AvgIpc) is 2.51. The van der Waals surface area contributed by atoms with E-state index in [0.29, 0.717) is 13.0 Å². The fourth-order valence-corrected chi connectivity index (χ4v) is 3.15. The smallest absolute Gasteiger partial charge is 0.411 e. The number of pyridine rings is 1. The summed E-state index contributed by atoms with van der Waals surface area (Å²) in [5, 5.41) is 9.15. The lowest BCUT2D eigenvalue weighted by atomic mass is 9.81. The molecule has 1 aromatic heterocycles. The van der Waals surface area contributed by atoms with Crippen LogP contribution in [0, 0.1) is 0 Å². The Hall–Kier alpha value is -2.11. The number of aromatic carboxylic acids is 1. The molecule has 0 aromatic carbocycles. The van der Waals surface area contributed by atoms with Gasteiger partial charge in [-0.1, -0.05) is 19.9 Å². The summed E-state index contributed by atoms with van der Waals surface area (Å²) in [6.45, 7) is 10.0. The van der Waals surface area contributed by atoms with Crippen LogP contribution in [0.15, 0.2) is 12.1 Å². The van der Waals surface area contributed by atoms with Crippen LogP contribution in [-0.4, -0.2) is 38.2 Å². The first kappa shape index (κ1) is 18.2. The Labute approximate surface area is 142 Å². The molecule has 1 aliphatic rings. The van der Waals surface area contributed by atoms with Crippen LogP contribution < -0.4 is 0 Å². The number of ether oxygens (including phenoxy) is 1. The lowest BCUT2D eigenvalue weighted by Crippen LogP contribution is -2.56. The van der Waals surface area contributed by atoms with E-state index in [1.807, 2.05) is 34.6 Å². The zero-order valence-corrected chi connectivity index (χ0v) is 15.0. The van der Waals surface area contributed by atoms with Gasteiger partial charge in [-0.05, 0) is 45.2 Å². The van der Waals surface area contributed by atoms with E-state index in [0.717, 1.165) is 24.1 Å². The zero-order valence-electron chi connectivity index (χ0n) is 15.0. The van der Waals surface area contributed by atoms with Gasteiger partial charge in [0.25, 0.3) is 0 Å². The van der Waals surface area contributed by atoms with Crippen molar-refractivity contribution in [1.82, 2.24) is 9.88 Å². The minimum Gasteiger partial charge on any atom is -0.477 e. The molecule has 1 aliphatic heterocycles. The summed E-state index contributed by atoms with van der Waals surface area (Å²) < 4.78 is 5.59. The Morgan fingerprint density at radius 3 is 2.42 bits per heavy atom. The molecular formula is C18H26N2O4. The maximum absolute atomic E-state index is 12.7. The number of nitrogens with zero attached hydrogens (tertiary/aromatic N) is 2. The number of hydrogen-bond donors (Lipinski definition) is 1. The van der Waals surface area contributed by atoms with Crippen molar-refractivity contribution in [3.05, 3.63) is 29.1 Å². The molecule has 0 saturated carbocycles. The van der Waals surface area contributed by atoms with Gasteiger partial charge in [0.1, 0.15) is 11.3 Å². The number of carbonyl (C=O) groups excluding carboxylic acids is 1. The molecule has 2 heterocycles. The van der Waals surface area contributed by atoms with Crippen LogP contribution >= 0.6 is 0 Å². The number of rotatable bonds is 3. The lowest BCUT2D eigenvalue weighted by Gasteiger charge is -2.46. The number of carboxylic acid groups (broad SMARTS) is 1. The van der Waals surface area contributed by atoms with E-state index in [1.165, 1.54) is 6.07 Å². The predicted molar refractivity (Wildman–Crippen MR) is 90.0 cm³/mol. The number of carbonyl (C=O) groups is 2. The first-order valence-corrected chi connectivity index (χ1v) is 8.34. The molecule has 0 aliphatic carbocycles. The molecule has 0 unspecified atom stereocenters. The number of aromatic nitrogens is 1. The Balaban J connectivity index is 2.42. The van der Waals surface area contributed by atoms with Crippen molar-refractivity contribution in [2.45, 2.75) is 71.6 Å². The van der Waals surface area contributed by atoms with Gasteiger partial charge >= 0.3 is 12.1 Å². The maximum atomic E-state index is 12.7. The molecule has 0 radical (unpaired) electrons. The van der Waals surface area contributed by atoms with E-state index in [2.05, 4.69) is 4.98 Å². The Morgan fingerprint density at radius 1 is 1.29 bits per heavy atom. The number of amides is 1. The molecule has 1 amide bonds. The van der Waals surface area contributed by atoms with Gasteiger partial charge in [-0.25, -0.2) is 14.6 Å². The van der Waals surface area contributed by atoms with Crippen molar-refractivity contribution in [3.63, 3.8) is 0 Å². The molecular weight excluding hydrogens is 308 g/mol. The van der Waals surface area contributed by atoms with E-state index in [9.17, 15) is 9.59 Å². The second kappa shape index (κ2) is 6.42. The second-order valence-electron chi connectivity index (χ2n) is 7.28. The molecule has 0 spiro atoms. The highest BCUT2D eigenvalue weighted by molar-refractivity contribution is 5.85. The maximum Gasteiger partial charge on any atom is 0.411 e. The summed E-state index contributed by atoms with van der Waals surface area (Å²) in [4.78, 5) is 30.0. The van der Waals surface area contributed by atoms with Gasteiger partial charge in [-0.3, -0.25) is 4.90 Å². The molecule has 0 atom stereocenters. The highest BCUT2D eigenvalue weighted by atomic mass is 16.6. The Bertz CT molecular complexity index is 645. The summed E-state index contributed by atoms with van der Waals surface area (Å²) in [5.41, 5.74) is 0.720. The predicted octanol–water partition coefficient (Wildman–Crippen LogP) is 3.63. The van der Waals surface area contributed by atoms with E-state index in [1.54, 1.807) is 11.0 Å². The van der Waals surface area contributed by atoms with Gasteiger partial charge < -0.3 is 9.84 Å². The van der Waals surface area contributed by atoms with E-state index in [4.69, 9.17) is 9.84 Å². The largest absolute Gasteiger partial charge is 0.477 e. The fourth-order valence-electron chi connectivity index (χ4n) is 3.15. The van der Waals surface area contributed by atoms with Crippen LogP contribution in [0.4, 0.5) is 4.79 Å². The van der Waals surface area contributed by atoms with Gasteiger partial charge in [-0.15, -0.1) is 0 Å². The molecule has 2 rings (SSSR count). The van der Waals surface area contributed by atoms with Crippen molar-refractivity contribution in [2.75, 3.05) is 0 Å². The van der Waals surface area contributed by atoms with Crippen LogP contribution in [0.5, 0.6) is 0 Å². The van der Waals surface area contributed by atoms with Crippen LogP contribution in [0.2, 0.25) is 0 Å². The zero-order chi connectivity index (χ0) is 18.1. The highest BCUT2D eigenvalue weighted by Crippen LogP contribution is 2.36. The molecule has 0 saturated heterocycles. The van der Waals surface area contributed by atoms with Crippen LogP contribution in [0.1, 0.15) is 69.2 Å². The Morgan fingerprint density at radius 2 is 1.92 bits per heavy atom. The second-order valence-corrected chi connectivity index (χ2v) is 7.28. The normalized spacial score (nSPS) is 16.5. The summed E-state index contributed by atoms with van der Waals surface area (Å²) >= 11 is 0. The third-order valence-electron chi connectivity index (χ3n) is 4.62. The van der Waals surface area contributed by atoms with Gasteiger partial charge in [0, 0.05) is 12.1 Å². The third-order valence-corrected chi connectivity index (χ3v) is 4.62. The monoisotopic (exact) mass is 334 g/mol. The van der Waals surface area contributed by atoms with Crippen molar-refractivity contribution in [3.8, 4) is 0 Å². The minimum absolute atomic E-state index is 0.0422. The van der Waals surface area contributed by atoms with E-state index >= 15 is 0 Å². The third kappa shape index (κ3) is 3.52. The number of carboxylic acids is 1. The molecule has 0 fully saturated rings. The molecule has 1 aromatic rings. The van der Waals surface area contributed by atoms with Crippen molar-refractivity contribution in [2.24, 2.45) is 0 Å². The minimum atomic E-state index is -1.04. The summed E-state index contributed by atoms with van der Waals surface area (Å²) in [6.07, 6.45) is 1.71. The SMILES string of the molecule is CCC1(CC)Cc2nc(C(=O)O)ccc2CN1C(=O)OC(C)(C)C. The Kier molecular flexibility index (Phi) is 4.87. The fraction of sp³-hybridized carbons (Fsp3) is 0.611. The lowest BCUT2D eigenvalue weighted by molar-refractivity contribution is -0.0138. The number of fused-ring (bicyclic) bond motifs is 1. The van der Waals surface area contributed by atoms with Crippen molar-refractivity contribution < 1.29 is 19.4 Å². The summed E-state index contributed by atoms with van der Waals surface area (Å²) in [6, 6.07) is 3.23. The van der Waals surface area contributed by atoms with Crippen LogP contribution in [0.25, 0.3) is 0 Å². The summed E-state index contributed by atoms with van der Waals surface area (Å²) in [7, 11) is 0. The van der Waals surface area contributed by atoms with Crippen molar-refractivity contribution in [1.29, 1.82) is 0 Å². The molecule has 6 heteroatoms. The molecule has 132 valence electrons. The van der Waals surface area contributed by atoms with Gasteiger partial charge in [0.2, 0.25) is 0 Å². The van der Waals surface area contributed by atoms with Gasteiger partial charge in [0.15, 0.2) is 0 Å². The van der Waals surface area contributed by atoms with E-state index in [-0.39, 0.29) is 11.8 Å². The first-order valence-electron chi connectivity index (χ1n) is 8.34. The molecule has 6 nitrogen and oxygen atoms in total. The quantitative estimate of drug-likeness (QED) is 0.913. The van der Waals surface area contributed by atoms with E-state index < -0.39 is 17.1 Å². The van der Waals surface area contributed by atoms with Crippen LogP contribution in [0.3, 0.4) is 0 Å². The van der Waals surface area contributed by atoms with Gasteiger partial charge in [0.05, 0.1) is 12.1 Å². The number of hydrogen-bond acceptors (Lipinski definition) is 4. The molecule has 24 heavy (non-hydrogen) atoms. The summed E-state index contributed by atoms with van der Waals surface area (Å²) in [5.74, 6) is -1.04. The van der Waals surface area contributed by atoms with Crippen molar-refractivity contribution >= 4 is 12.1 Å².